The molecule has 1 rings (SSSR count). The van der Waals surface area contributed by atoms with Crippen LogP contribution in [0.25, 0.3) is 0 Å². The van der Waals surface area contributed by atoms with Gasteiger partial charge in [0, 0.05) is 10.7 Å². The van der Waals surface area contributed by atoms with Gasteiger partial charge in [-0.2, -0.15) is 15.0 Å². The standard InChI is InChI=1S/C6H7Cl2N3O5S2/c1-16-5-9-4(7)10-6(11-5)17(12,13)2-3-18(8,14)15/h2-3H2,1H3. The monoisotopic (exact) mass is 335 g/mol. The van der Waals surface area contributed by atoms with Crippen LogP contribution < -0.4 is 4.74 Å². The lowest BCUT2D eigenvalue weighted by atomic mass is 11.0. The van der Waals surface area contributed by atoms with Gasteiger partial charge in [0.25, 0.3) is 5.16 Å². The maximum absolute atomic E-state index is 11.7. The van der Waals surface area contributed by atoms with Gasteiger partial charge in [-0.15, -0.1) is 0 Å². The van der Waals surface area contributed by atoms with Crippen LogP contribution in [0.15, 0.2) is 5.16 Å². The molecule has 0 fully saturated rings. The van der Waals surface area contributed by atoms with E-state index in [2.05, 4.69) is 19.7 Å². The molecule has 18 heavy (non-hydrogen) atoms. The molecule has 1 heterocycles. The fourth-order valence-corrected chi connectivity index (χ4v) is 3.91. The molecular weight excluding hydrogens is 329 g/mol. The Morgan fingerprint density at radius 2 is 1.72 bits per heavy atom. The first kappa shape index (κ1) is 15.3. The zero-order valence-electron chi connectivity index (χ0n) is 8.87. The lowest BCUT2D eigenvalue weighted by Crippen LogP contribution is -2.17. The van der Waals surface area contributed by atoms with Crippen LogP contribution in [-0.4, -0.2) is 50.4 Å². The van der Waals surface area contributed by atoms with Crippen LogP contribution in [0, 0.1) is 0 Å². The van der Waals surface area contributed by atoms with Crippen LogP contribution in [0.4, 0.5) is 0 Å². The van der Waals surface area contributed by atoms with Crippen molar-refractivity contribution >= 4 is 41.2 Å². The largest absolute Gasteiger partial charge is 0.467 e. The van der Waals surface area contributed by atoms with E-state index in [1.807, 2.05) is 0 Å². The summed E-state index contributed by atoms with van der Waals surface area (Å²) < 4.78 is 49.4. The zero-order valence-corrected chi connectivity index (χ0v) is 12.0. The molecule has 0 radical (unpaired) electrons. The summed E-state index contributed by atoms with van der Waals surface area (Å²) in [6.07, 6.45) is 0. The summed E-state index contributed by atoms with van der Waals surface area (Å²) in [5.74, 6) is -1.52. The minimum Gasteiger partial charge on any atom is -0.467 e. The van der Waals surface area contributed by atoms with Gasteiger partial charge in [-0.25, -0.2) is 16.8 Å². The van der Waals surface area contributed by atoms with E-state index in [1.165, 1.54) is 7.11 Å². The quantitative estimate of drug-likeness (QED) is 0.683. The third kappa shape index (κ3) is 4.52. The van der Waals surface area contributed by atoms with Crippen molar-refractivity contribution in [3.05, 3.63) is 5.28 Å². The van der Waals surface area contributed by atoms with Crippen LogP contribution in [-0.2, 0) is 18.9 Å². The highest BCUT2D eigenvalue weighted by Crippen LogP contribution is 2.13. The fraction of sp³-hybridized carbons (Fsp3) is 0.500. The van der Waals surface area contributed by atoms with E-state index in [4.69, 9.17) is 22.3 Å². The third-order valence-electron chi connectivity index (χ3n) is 1.62. The SMILES string of the molecule is COc1nc(Cl)nc(S(=O)(=O)CCS(=O)(=O)Cl)n1. The predicted octanol–water partition coefficient (Wildman–Crippen LogP) is -0.124. The number of hydrogen-bond donors (Lipinski definition) is 0. The van der Waals surface area contributed by atoms with Crippen LogP contribution in [0.5, 0.6) is 6.01 Å². The summed E-state index contributed by atoms with van der Waals surface area (Å²) in [5, 5.41) is -1.05. The van der Waals surface area contributed by atoms with E-state index in [-0.39, 0.29) is 11.3 Å². The number of aromatic nitrogens is 3. The molecule has 1 aromatic heterocycles. The summed E-state index contributed by atoms with van der Waals surface area (Å²) in [5.41, 5.74) is 0. The van der Waals surface area contributed by atoms with Gasteiger partial charge in [-0.05, 0) is 11.6 Å². The first-order valence-corrected chi connectivity index (χ1v) is 8.75. The van der Waals surface area contributed by atoms with E-state index in [0.717, 1.165) is 0 Å². The van der Waals surface area contributed by atoms with E-state index in [9.17, 15) is 16.8 Å². The number of sulfone groups is 1. The van der Waals surface area contributed by atoms with Crippen molar-refractivity contribution in [2.24, 2.45) is 0 Å². The van der Waals surface area contributed by atoms with Crippen LogP contribution >= 0.6 is 22.3 Å². The topological polar surface area (TPSA) is 116 Å². The molecule has 12 heteroatoms. The van der Waals surface area contributed by atoms with Crippen molar-refractivity contribution in [1.29, 1.82) is 0 Å². The summed E-state index contributed by atoms with van der Waals surface area (Å²) in [7, 11) is -1.84. The lowest BCUT2D eigenvalue weighted by Gasteiger charge is -2.03. The number of halogens is 2. The second-order valence-electron chi connectivity index (χ2n) is 2.94. The first-order chi connectivity index (χ1) is 8.14. The summed E-state index contributed by atoms with van der Waals surface area (Å²) in [4.78, 5) is 10.3. The van der Waals surface area contributed by atoms with Crippen molar-refractivity contribution in [2.45, 2.75) is 5.16 Å². The van der Waals surface area contributed by atoms with E-state index >= 15 is 0 Å². The summed E-state index contributed by atoms with van der Waals surface area (Å²) >= 11 is 5.47. The second-order valence-corrected chi connectivity index (χ2v) is 8.17. The van der Waals surface area contributed by atoms with E-state index in [1.54, 1.807) is 0 Å². The van der Waals surface area contributed by atoms with Gasteiger partial charge in [-0.3, -0.25) is 0 Å². The van der Waals surface area contributed by atoms with Gasteiger partial charge in [-0.1, -0.05) is 0 Å². The maximum Gasteiger partial charge on any atom is 0.321 e. The molecule has 0 aliphatic heterocycles. The first-order valence-electron chi connectivity index (χ1n) is 4.25. The number of hydrogen-bond acceptors (Lipinski definition) is 8. The van der Waals surface area contributed by atoms with Crippen molar-refractivity contribution in [2.75, 3.05) is 18.6 Å². The Morgan fingerprint density at radius 1 is 1.11 bits per heavy atom. The van der Waals surface area contributed by atoms with Gasteiger partial charge in [0.05, 0.1) is 18.6 Å². The smallest absolute Gasteiger partial charge is 0.321 e. The molecule has 0 amide bonds. The number of methoxy groups -OCH3 is 1. The van der Waals surface area contributed by atoms with E-state index in [0.29, 0.717) is 0 Å². The maximum atomic E-state index is 11.7. The average Bonchev–Trinajstić information content (AvgIpc) is 2.25. The molecule has 102 valence electrons. The van der Waals surface area contributed by atoms with Crippen molar-refractivity contribution in [1.82, 2.24) is 15.0 Å². The Kier molecular flexibility index (Phi) is 4.70. The molecule has 0 spiro atoms. The summed E-state index contributed by atoms with van der Waals surface area (Å²) in [6, 6.07) is -0.290. The minimum absolute atomic E-state index is 0.290. The Bertz CT molecular complexity index is 645. The highest BCUT2D eigenvalue weighted by molar-refractivity contribution is 8.14. The van der Waals surface area contributed by atoms with Gasteiger partial charge in [0.1, 0.15) is 0 Å². The molecule has 1 aromatic rings. The van der Waals surface area contributed by atoms with Crippen molar-refractivity contribution < 1.29 is 21.6 Å². The molecule has 0 saturated carbocycles. The lowest BCUT2D eigenvalue weighted by molar-refractivity contribution is 0.371. The molecule has 0 unspecified atom stereocenters. The van der Waals surface area contributed by atoms with Crippen LogP contribution in [0.3, 0.4) is 0 Å². The molecular formula is C6H7Cl2N3O5S2. The van der Waals surface area contributed by atoms with Crippen LogP contribution in [0.1, 0.15) is 0 Å². The number of ether oxygens (including phenoxy) is 1. The Balaban J connectivity index is 3.09. The molecule has 0 aliphatic rings. The Morgan fingerprint density at radius 3 is 2.22 bits per heavy atom. The Hall–Kier alpha value is -0.710. The molecule has 0 aromatic carbocycles. The summed E-state index contributed by atoms with van der Waals surface area (Å²) in [6.45, 7) is 0. The molecule has 0 saturated heterocycles. The molecule has 0 aliphatic carbocycles. The van der Waals surface area contributed by atoms with Gasteiger partial charge in [0.15, 0.2) is 0 Å². The van der Waals surface area contributed by atoms with Gasteiger partial charge >= 0.3 is 6.01 Å². The fourth-order valence-electron chi connectivity index (χ4n) is 0.846. The second kappa shape index (κ2) is 5.51. The van der Waals surface area contributed by atoms with Crippen molar-refractivity contribution in [3.8, 4) is 6.01 Å². The zero-order chi connectivity index (χ0) is 14.0. The van der Waals surface area contributed by atoms with Gasteiger partial charge in [0.2, 0.25) is 24.2 Å². The van der Waals surface area contributed by atoms with E-state index < -0.39 is 35.6 Å². The highest BCUT2D eigenvalue weighted by Gasteiger charge is 2.23. The molecule has 8 nitrogen and oxygen atoms in total. The molecule has 0 bridgehead atoms. The third-order valence-corrected chi connectivity index (χ3v) is 4.69. The van der Waals surface area contributed by atoms with Crippen LogP contribution in [0.2, 0.25) is 5.28 Å². The normalized spacial score (nSPS) is 12.4. The molecule has 0 N–H and O–H groups in total. The predicted molar refractivity (Wildman–Crippen MR) is 63.1 cm³/mol. The average molecular weight is 336 g/mol. The minimum atomic E-state index is -4.04. The van der Waals surface area contributed by atoms with Crippen molar-refractivity contribution in [3.63, 3.8) is 0 Å². The highest BCUT2D eigenvalue weighted by atomic mass is 35.7. The number of nitrogens with zero attached hydrogens (tertiary/aromatic N) is 3. The number of rotatable bonds is 5. The Labute approximate surface area is 113 Å². The van der Waals surface area contributed by atoms with Gasteiger partial charge < -0.3 is 4.74 Å². The molecule has 0 atom stereocenters.